The molecule has 9 nitrogen and oxygen atoms in total. The molecule has 1 amide bonds. The van der Waals surface area contributed by atoms with Crippen LogP contribution >= 0.6 is 0 Å². The van der Waals surface area contributed by atoms with Gasteiger partial charge in [0, 0.05) is 26.2 Å². The van der Waals surface area contributed by atoms with E-state index in [0.29, 0.717) is 35.6 Å². The molecule has 0 unspecified atom stereocenters. The van der Waals surface area contributed by atoms with Gasteiger partial charge in [-0.2, -0.15) is 0 Å². The Labute approximate surface area is 160 Å². The van der Waals surface area contributed by atoms with Crippen LogP contribution < -0.4 is 15.2 Å². The van der Waals surface area contributed by atoms with Crippen LogP contribution in [0.5, 0.6) is 5.75 Å². The summed E-state index contributed by atoms with van der Waals surface area (Å²) in [5, 5.41) is 3.01. The van der Waals surface area contributed by atoms with Crippen LogP contribution in [0.25, 0.3) is 11.0 Å². The van der Waals surface area contributed by atoms with Crippen molar-refractivity contribution in [3.8, 4) is 5.75 Å². The SMILES string of the molecule is Cn1[nH]c2cc(N3CCOc4cc(C(=O)N5CCCCC5)[nH]c43)cnc2c1=O. The minimum atomic E-state index is -0.154. The lowest BCUT2D eigenvalue weighted by molar-refractivity contribution is 0.0719. The van der Waals surface area contributed by atoms with Gasteiger partial charge in [0.2, 0.25) is 0 Å². The first kappa shape index (κ1) is 16.9. The summed E-state index contributed by atoms with van der Waals surface area (Å²) in [6.45, 7) is 2.73. The summed E-state index contributed by atoms with van der Waals surface area (Å²) in [6, 6.07) is 3.68. The van der Waals surface area contributed by atoms with Gasteiger partial charge in [0.05, 0.1) is 23.9 Å². The summed E-state index contributed by atoms with van der Waals surface area (Å²) in [7, 11) is 1.67. The van der Waals surface area contributed by atoms with E-state index in [1.165, 1.54) is 11.1 Å². The Kier molecular flexibility index (Phi) is 3.88. The molecule has 0 spiro atoms. The summed E-state index contributed by atoms with van der Waals surface area (Å²) in [5.74, 6) is 1.41. The predicted molar refractivity (Wildman–Crippen MR) is 104 cm³/mol. The van der Waals surface area contributed by atoms with Crippen LogP contribution in [0.15, 0.2) is 23.1 Å². The summed E-state index contributed by atoms with van der Waals surface area (Å²) < 4.78 is 7.19. The van der Waals surface area contributed by atoms with E-state index in [2.05, 4.69) is 15.1 Å². The van der Waals surface area contributed by atoms with Gasteiger partial charge in [-0.05, 0) is 25.3 Å². The lowest BCUT2D eigenvalue weighted by atomic mass is 10.1. The Bertz CT molecular complexity index is 1100. The largest absolute Gasteiger partial charge is 0.488 e. The maximum Gasteiger partial charge on any atom is 0.292 e. The third-order valence-corrected chi connectivity index (χ3v) is 5.46. The molecule has 2 aliphatic heterocycles. The summed E-state index contributed by atoms with van der Waals surface area (Å²) >= 11 is 0. The molecular formula is C19H22N6O3. The number of H-pyrrole nitrogens is 2. The van der Waals surface area contributed by atoms with E-state index in [0.717, 1.165) is 37.4 Å². The van der Waals surface area contributed by atoms with Crippen LogP contribution in [0.1, 0.15) is 29.8 Å². The van der Waals surface area contributed by atoms with Gasteiger partial charge in [0.15, 0.2) is 17.1 Å². The number of anilines is 2. The summed E-state index contributed by atoms with van der Waals surface area (Å²) in [6.07, 6.45) is 4.96. The minimum Gasteiger partial charge on any atom is -0.488 e. The van der Waals surface area contributed by atoms with Gasteiger partial charge in [-0.25, -0.2) is 4.98 Å². The number of nitrogens with zero attached hydrogens (tertiary/aromatic N) is 4. The molecule has 146 valence electrons. The van der Waals surface area contributed by atoms with E-state index in [1.807, 2.05) is 15.9 Å². The third-order valence-electron chi connectivity index (χ3n) is 5.46. The lowest BCUT2D eigenvalue weighted by Gasteiger charge is -2.28. The molecule has 0 aliphatic carbocycles. The first-order valence-electron chi connectivity index (χ1n) is 9.59. The molecule has 5 heterocycles. The van der Waals surface area contributed by atoms with Crippen molar-refractivity contribution >= 4 is 28.4 Å². The molecule has 3 aromatic rings. The number of carbonyl (C=O) groups is 1. The van der Waals surface area contributed by atoms with E-state index in [-0.39, 0.29) is 11.5 Å². The van der Waals surface area contributed by atoms with Crippen molar-refractivity contribution in [2.45, 2.75) is 19.3 Å². The molecule has 0 atom stereocenters. The Balaban J connectivity index is 1.49. The van der Waals surface area contributed by atoms with Gasteiger partial charge in [0.25, 0.3) is 11.5 Å². The number of likely N-dealkylation sites (tertiary alicyclic amines) is 1. The van der Waals surface area contributed by atoms with Crippen molar-refractivity contribution in [3.63, 3.8) is 0 Å². The number of piperidine rings is 1. The monoisotopic (exact) mass is 382 g/mol. The molecule has 0 aromatic carbocycles. The Hall–Kier alpha value is -3.23. The van der Waals surface area contributed by atoms with Crippen LogP contribution in [0.2, 0.25) is 0 Å². The molecule has 2 N–H and O–H groups in total. The van der Waals surface area contributed by atoms with E-state index in [4.69, 9.17) is 4.74 Å². The first-order chi connectivity index (χ1) is 13.6. The van der Waals surface area contributed by atoms with Crippen molar-refractivity contribution in [1.29, 1.82) is 0 Å². The van der Waals surface area contributed by atoms with Crippen LogP contribution in [-0.4, -0.2) is 56.8 Å². The zero-order chi connectivity index (χ0) is 19.3. The highest BCUT2D eigenvalue weighted by Crippen LogP contribution is 2.37. The first-order valence-corrected chi connectivity index (χ1v) is 9.59. The van der Waals surface area contributed by atoms with Crippen molar-refractivity contribution < 1.29 is 9.53 Å². The molecule has 0 bridgehead atoms. The maximum absolute atomic E-state index is 12.8. The number of aryl methyl sites for hydroxylation is 1. The predicted octanol–water partition coefficient (Wildman–Crippen LogP) is 1.75. The van der Waals surface area contributed by atoms with Crippen molar-refractivity contribution in [1.82, 2.24) is 24.6 Å². The molecule has 28 heavy (non-hydrogen) atoms. The van der Waals surface area contributed by atoms with E-state index >= 15 is 0 Å². The average molecular weight is 382 g/mol. The standard InChI is InChI=1S/C19H22N6O3/c1-23-19(27)16-13(22-23)9-12(11-20-16)25-7-8-28-15-10-14(21-17(15)25)18(26)24-5-3-2-4-6-24/h9-11,21-22H,2-8H2,1H3. The average Bonchev–Trinajstić information content (AvgIpc) is 3.28. The van der Waals surface area contributed by atoms with Crippen LogP contribution in [0.4, 0.5) is 11.5 Å². The number of aromatic nitrogens is 4. The zero-order valence-electron chi connectivity index (χ0n) is 15.7. The van der Waals surface area contributed by atoms with E-state index in [9.17, 15) is 9.59 Å². The smallest absolute Gasteiger partial charge is 0.292 e. The molecule has 9 heteroatoms. The van der Waals surface area contributed by atoms with Gasteiger partial charge in [-0.3, -0.25) is 19.4 Å². The number of rotatable bonds is 2. The summed E-state index contributed by atoms with van der Waals surface area (Å²) in [5.41, 5.74) is 2.30. The van der Waals surface area contributed by atoms with Crippen molar-refractivity contribution in [2.75, 3.05) is 31.1 Å². The minimum absolute atomic E-state index is 0.0126. The zero-order valence-corrected chi connectivity index (χ0v) is 15.7. The van der Waals surface area contributed by atoms with Gasteiger partial charge in [0.1, 0.15) is 12.3 Å². The highest BCUT2D eigenvalue weighted by Gasteiger charge is 2.27. The topological polar surface area (TPSA) is 99.2 Å². The molecule has 0 radical (unpaired) electrons. The highest BCUT2D eigenvalue weighted by atomic mass is 16.5. The summed E-state index contributed by atoms with van der Waals surface area (Å²) in [4.78, 5) is 36.4. The van der Waals surface area contributed by atoms with E-state index in [1.54, 1.807) is 19.3 Å². The Morgan fingerprint density at radius 1 is 1.18 bits per heavy atom. The molecule has 1 fully saturated rings. The second-order valence-corrected chi connectivity index (χ2v) is 7.31. The molecule has 1 saturated heterocycles. The fraction of sp³-hybridized carbons (Fsp3) is 0.421. The highest BCUT2D eigenvalue weighted by molar-refractivity contribution is 5.94. The van der Waals surface area contributed by atoms with Crippen molar-refractivity contribution in [3.05, 3.63) is 34.4 Å². The van der Waals surface area contributed by atoms with Gasteiger partial charge in [-0.1, -0.05) is 0 Å². The van der Waals surface area contributed by atoms with Crippen molar-refractivity contribution in [2.24, 2.45) is 7.05 Å². The number of nitrogens with one attached hydrogen (secondary N) is 2. The second-order valence-electron chi connectivity index (χ2n) is 7.31. The second kappa shape index (κ2) is 6.43. The quantitative estimate of drug-likeness (QED) is 0.703. The number of carbonyl (C=O) groups excluding carboxylic acids is 1. The third kappa shape index (κ3) is 2.65. The maximum atomic E-state index is 12.8. The molecule has 0 saturated carbocycles. The van der Waals surface area contributed by atoms with Crippen LogP contribution in [-0.2, 0) is 7.05 Å². The molecule has 5 rings (SSSR count). The molecular weight excluding hydrogens is 360 g/mol. The van der Waals surface area contributed by atoms with E-state index < -0.39 is 0 Å². The normalized spacial score (nSPS) is 16.9. The van der Waals surface area contributed by atoms with Gasteiger partial charge in [-0.15, -0.1) is 0 Å². The Morgan fingerprint density at radius 3 is 2.82 bits per heavy atom. The number of ether oxygens (including phenoxy) is 1. The van der Waals surface area contributed by atoms with Crippen LogP contribution in [0.3, 0.4) is 0 Å². The molecule has 2 aliphatic rings. The number of hydrogen-bond donors (Lipinski definition) is 2. The Morgan fingerprint density at radius 2 is 2.00 bits per heavy atom. The number of pyridine rings is 1. The number of aromatic amines is 2. The van der Waals surface area contributed by atoms with Gasteiger partial charge >= 0.3 is 0 Å². The molecule has 3 aromatic heterocycles. The van der Waals surface area contributed by atoms with Gasteiger partial charge < -0.3 is 19.5 Å². The van der Waals surface area contributed by atoms with Crippen LogP contribution in [0, 0.1) is 0 Å². The fourth-order valence-electron chi connectivity index (χ4n) is 3.98. The fourth-order valence-corrected chi connectivity index (χ4v) is 3.98. The lowest BCUT2D eigenvalue weighted by Crippen LogP contribution is -2.35. The number of fused-ring (bicyclic) bond motifs is 2. The number of hydrogen-bond acceptors (Lipinski definition) is 5. The number of amides is 1.